The Morgan fingerprint density at radius 3 is 2.47 bits per heavy atom. The molecule has 1 aromatic heterocycles. The molecule has 82 valence electrons. The van der Waals surface area contributed by atoms with Crippen LogP contribution in [-0.4, -0.2) is 34.7 Å². The number of hydrogen-bond acceptors (Lipinski definition) is 3. The van der Waals surface area contributed by atoms with Crippen LogP contribution in [0.4, 0.5) is 0 Å². The van der Waals surface area contributed by atoms with Crippen LogP contribution in [0.3, 0.4) is 0 Å². The van der Waals surface area contributed by atoms with Crippen LogP contribution in [0.1, 0.15) is 30.9 Å². The highest BCUT2D eigenvalue weighted by atomic mass is 16.3. The second kappa shape index (κ2) is 5.24. The van der Waals surface area contributed by atoms with Crippen molar-refractivity contribution in [1.82, 2.24) is 9.88 Å². The Balaban J connectivity index is 2.09. The molecule has 1 aromatic rings. The summed E-state index contributed by atoms with van der Waals surface area (Å²) in [6, 6.07) is 4.15. The van der Waals surface area contributed by atoms with Crippen LogP contribution in [0.15, 0.2) is 24.5 Å². The van der Waals surface area contributed by atoms with Crippen LogP contribution in [0.2, 0.25) is 0 Å². The second-order valence-electron chi connectivity index (χ2n) is 4.08. The summed E-state index contributed by atoms with van der Waals surface area (Å²) in [5.41, 5.74) is 1.18. The predicted molar refractivity (Wildman–Crippen MR) is 59.5 cm³/mol. The molecule has 0 bridgehead atoms. The van der Waals surface area contributed by atoms with Crippen LogP contribution < -0.4 is 0 Å². The molecule has 2 heterocycles. The van der Waals surface area contributed by atoms with E-state index in [1.165, 1.54) is 24.8 Å². The van der Waals surface area contributed by atoms with Gasteiger partial charge in [0.25, 0.3) is 0 Å². The molecule has 3 nitrogen and oxygen atoms in total. The van der Waals surface area contributed by atoms with Gasteiger partial charge in [-0.05, 0) is 43.6 Å². The summed E-state index contributed by atoms with van der Waals surface area (Å²) in [6.45, 7) is 2.41. The molecule has 1 fully saturated rings. The molecule has 2 rings (SSSR count). The smallest absolute Gasteiger partial charge is 0.0628 e. The van der Waals surface area contributed by atoms with E-state index >= 15 is 0 Å². The highest BCUT2D eigenvalue weighted by molar-refractivity contribution is 5.15. The number of pyridine rings is 1. The third-order valence-corrected chi connectivity index (χ3v) is 3.10. The van der Waals surface area contributed by atoms with Gasteiger partial charge < -0.3 is 5.11 Å². The minimum Gasteiger partial charge on any atom is -0.394 e. The fraction of sp³-hybridized carbons (Fsp3) is 0.583. The summed E-state index contributed by atoms with van der Waals surface area (Å²) in [7, 11) is 0. The predicted octanol–water partition coefficient (Wildman–Crippen LogP) is 1.60. The molecule has 0 saturated carbocycles. The molecule has 0 aliphatic carbocycles. The van der Waals surface area contributed by atoms with E-state index in [-0.39, 0.29) is 12.6 Å². The molecular weight excluding hydrogens is 188 g/mol. The van der Waals surface area contributed by atoms with E-state index in [1.807, 2.05) is 12.1 Å². The van der Waals surface area contributed by atoms with Gasteiger partial charge in [0.1, 0.15) is 0 Å². The first kappa shape index (κ1) is 10.6. The molecule has 0 radical (unpaired) electrons. The maximum Gasteiger partial charge on any atom is 0.0628 e. The largest absolute Gasteiger partial charge is 0.394 e. The van der Waals surface area contributed by atoms with Gasteiger partial charge in [-0.15, -0.1) is 0 Å². The van der Waals surface area contributed by atoms with Crippen LogP contribution in [0, 0.1) is 0 Å². The van der Waals surface area contributed by atoms with Crippen LogP contribution in [0.25, 0.3) is 0 Å². The Morgan fingerprint density at radius 1 is 1.20 bits per heavy atom. The van der Waals surface area contributed by atoms with Crippen molar-refractivity contribution >= 4 is 0 Å². The Kier molecular flexibility index (Phi) is 3.69. The lowest BCUT2D eigenvalue weighted by Crippen LogP contribution is -2.35. The minimum absolute atomic E-state index is 0.160. The number of aromatic nitrogens is 1. The van der Waals surface area contributed by atoms with E-state index in [0.717, 1.165) is 13.1 Å². The average Bonchev–Trinajstić information content (AvgIpc) is 2.33. The van der Waals surface area contributed by atoms with Crippen molar-refractivity contribution in [1.29, 1.82) is 0 Å². The van der Waals surface area contributed by atoms with Gasteiger partial charge in [0.15, 0.2) is 0 Å². The first-order chi connectivity index (χ1) is 7.42. The third-order valence-electron chi connectivity index (χ3n) is 3.10. The topological polar surface area (TPSA) is 36.4 Å². The van der Waals surface area contributed by atoms with E-state index in [4.69, 9.17) is 0 Å². The van der Waals surface area contributed by atoms with Crippen molar-refractivity contribution in [3.63, 3.8) is 0 Å². The second-order valence-corrected chi connectivity index (χ2v) is 4.08. The van der Waals surface area contributed by atoms with E-state index in [2.05, 4.69) is 9.88 Å². The lowest BCUT2D eigenvalue weighted by Gasteiger charge is -2.33. The molecule has 1 atom stereocenters. The number of piperidine rings is 1. The molecular formula is C12H18N2O. The summed E-state index contributed by atoms with van der Waals surface area (Å²) in [5, 5.41) is 9.47. The summed E-state index contributed by atoms with van der Waals surface area (Å²) in [4.78, 5) is 6.38. The van der Waals surface area contributed by atoms with Crippen LogP contribution >= 0.6 is 0 Å². The molecule has 0 spiro atoms. The highest BCUT2D eigenvalue weighted by Gasteiger charge is 2.20. The van der Waals surface area contributed by atoms with E-state index in [9.17, 15) is 5.11 Å². The van der Waals surface area contributed by atoms with Crippen LogP contribution in [-0.2, 0) is 0 Å². The molecule has 0 unspecified atom stereocenters. The molecule has 1 saturated heterocycles. The zero-order valence-corrected chi connectivity index (χ0v) is 8.97. The van der Waals surface area contributed by atoms with Crippen molar-refractivity contribution in [2.24, 2.45) is 0 Å². The molecule has 3 heteroatoms. The Bertz CT molecular complexity index is 283. The maximum absolute atomic E-state index is 9.47. The van der Waals surface area contributed by atoms with E-state index < -0.39 is 0 Å². The van der Waals surface area contributed by atoms with E-state index in [1.54, 1.807) is 12.4 Å². The van der Waals surface area contributed by atoms with Gasteiger partial charge in [-0.2, -0.15) is 0 Å². The molecule has 1 N–H and O–H groups in total. The summed E-state index contributed by atoms with van der Waals surface area (Å²) in [5.74, 6) is 0. The van der Waals surface area contributed by atoms with E-state index in [0.29, 0.717) is 0 Å². The summed E-state index contributed by atoms with van der Waals surface area (Å²) in [6.07, 6.45) is 7.41. The van der Waals surface area contributed by atoms with Crippen LogP contribution in [0.5, 0.6) is 0 Å². The quantitative estimate of drug-likeness (QED) is 0.816. The van der Waals surface area contributed by atoms with Crippen molar-refractivity contribution < 1.29 is 5.11 Å². The lowest BCUT2D eigenvalue weighted by molar-refractivity contribution is 0.104. The van der Waals surface area contributed by atoms with Gasteiger partial charge in [0.2, 0.25) is 0 Å². The number of nitrogens with zero attached hydrogens (tertiary/aromatic N) is 2. The van der Waals surface area contributed by atoms with Gasteiger partial charge in [-0.1, -0.05) is 6.42 Å². The SMILES string of the molecule is OC[C@@H](c1ccncc1)N1CCCCC1. The average molecular weight is 206 g/mol. The summed E-state index contributed by atoms with van der Waals surface area (Å²) < 4.78 is 0. The van der Waals surface area contributed by atoms with Crippen molar-refractivity contribution in [3.8, 4) is 0 Å². The maximum atomic E-state index is 9.47. The van der Waals surface area contributed by atoms with Gasteiger partial charge in [-0.25, -0.2) is 0 Å². The van der Waals surface area contributed by atoms with Crippen molar-refractivity contribution in [2.45, 2.75) is 25.3 Å². The lowest BCUT2D eigenvalue weighted by atomic mass is 10.0. The number of aliphatic hydroxyl groups excluding tert-OH is 1. The Hall–Kier alpha value is -0.930. The monoisotopic (exact) mass is 206 g/mol. The number of aliphatic hydroxyl groups is 1. The third kappa shape index (κ3) is 2.55. The zero-order valence-electron chi connectivity index (χ0n) is 8.97. The number of likely N-dealkylation sites (tertiary alicyclic amines) is 1. The van der Waals surface area contributed by atoms with Gasteiger partial charge in [-0.3, -0.25) is 9.88 Å². The van der Waals surface area contributed by atoms with Crippen molar-refractivity contribution in [3.05, 3.63) is 30.1 Å². The van der Waals surface area contributed by atoms with Gasteiger partial charge in [0.05, 0.1) is 12.6 Å². The Morgan fingerprint density at radius 2 is 1.87 bits per heavy atom. The molecule has 0 aromatic carbocycles. The van der Waals surface area contributed by atoms with Gasteiger partial charge in [0, 0.05) is 12.4 Å². The molecule has 1 aliphatic heterocycles. The fourth-order valence-electron chi connectivity index (χ4n) is 2.25. The summed E-state index contributed by atoms with van der Waals surface area (Å²) >= 11 is 0. The molecule has 1 aliphatic rings. The van der Waals surface area contributed by atoms with Crippen molar-refractivity contribution in [2.75, 3.05) is 19.7 Å². The zero-order chi connectivity index (χ0) is 10.5. The highest BCUT2D eigenvalue weighted by Crippen LogP contribution is 2.23. The molecule has 15 heavy (non-hydrogen) atoms. The standard InChI is InChI=1S/C12H18N2O/c15-10-12(11-4-6-13-7-5-11)14-8-2-1-3-9-14/h4-7,12,15H,1-3,8-10H2/t12-/m0/s1. The first-order valence-electron chi connectivity index (χ1n) is 5.66. The minimum atomic E-state index is 0.160. The molecule has 0 amide bonds. The number of rotatable bonds is 3. The Labute approximate surface area is 90.8 Å². The normalized spacial score (nSPS) is 20.1. The fourth-order valence-corrected chi connectivity index (χ4v) is 2.25. The first-order valence-corrected chi connectivity index (χ1v) is 5.66. The number of hydrogen-bond donors (Lipinski definition) is 1. The van der Waals surface area contributed by atoms with Gasteiger partial charge >= 0.3 is 0 Å².